The van der Waals surface area contributed by atoms with E-state index in [1.54, 1.807) is 12.2 Å². The van der Waals surface area contributed by atoms with Gasteiger partial charge in [-0.15, -0.1) is 0 Å². The molecule has 0 aliphatic heterocycles. The number of fused-ring (bicyclic) bond motifs is 1. The quantitative estimate of drug-likeness (QED) is 0.657. The van der Waals surface area contributed by atoms with Crippen LogP contribution in [0.3, 0.4) is 0 Å². The van der Waals surface area contributed by atoms with E-state index in [0.29, 0.717) is 5.92 Å². The molecule has 0 N–H and O–H groups in total. The second-order valence-electron chi connectivity index (χ2n) is 4.09. The molecule has 84 valence electrons. The van der Waals surface area contributed by atoms with E-state index in [-0.39, 0.29) is 0 Å². The summed E-state index contributed by atoms with van der Waals surface area (Å²) in [4.78, 5) is 5.27. The second kappa shape index (κ2) is 4.14. The van der Waals surface area contributed by atoms with Gasteiger partial charge in [-0.05, 0) is 29.7 Å². The van der Waals surface area contributed by atoms with Crippen LogP contribution in [0.5, 0.6) is 0 Å². The van der Waals surface area contributed by atoms with Crippen molar-refractivity contribution in [1.82, 2.24) is 5.06 Å². The molecule has 2 heteroatoms. The van der Waals surface area contributed by atoms with Gasteiger partial charge in [0.1, 0.15) is 0 Å². The molecular formula is C14H17NO. The fourth-order valence-electron chi connectivity index (χ4n) is 2.09. The molecule has 0 saturated carbocycles. The van der Waals surface area contributed by atoms with E-state index >= 15 is 0 Å². The third kappa shape index (κ3) is 1.65. The average Bonchev–Trinajstić information content (AvgIpc) is 2.33. The zero-order valence-corrected chi connectivity index (χ0v) is 10.0. The van der Waals surface area contributed by atoms with Crippen molar-refractivity contribution in [3.8, 4) is 0 Å². The average molecular weight is 215 g/mol. The summed E-state index contributed by atoms with van der Waals surface area (Å²) < 4.78 is 0. The van der Waals surface area contributed by atoms with Crippen LogP contribution in [0.15, 0.2) is 59.4 Å². The van der Waals surface area contributed by atoms with Gasteiger partial charge in [-0.1, -0.05) is 30.9 Å². The number of nitrogens with zero attached hydrogens (tertiary/aromatic N) is 1. The first-order chi connectivity index (χ1) is 7.65. The van der Waals surface area contributed by atoms with Gasteiger partial charge in [0.2, 0.25) is 0 Å². The van der Waals surface area contributed by atoms with Gasteiger partial charge >= 0.3 is 0 Å². The number of likely N-dealkylation sites (N-methyl/N-ethyl adjacent to an activating group) is 1. The lowest BCUT2D eigenvalue weighted by Gasteiger charge is -2.31. The van der Waals surface area contributed by atoms with Crippen LogP contribution in [0.1, 0.15) is 6.92 Å². The molecule has 0 radical (unpaired) electrons. The minimum Gasteiger partial charge on any atom is -0.277 e. The van der Waals surface area contributed by atoms with Crippen molar-refractivity contribution in [2.24, 2.45) is 5.92 Å². The van der Waals surface area contributed by atoms with Gasteiger partial charge in [0, 0.05) is 13.0 Å². The molecule has 2 rings (SSSR count). The number of rotatable bonds is 2. The predicted octanol–water partition coefficient (Wildman–Crippen LogP) is 2.99. The van der Waals surface area contributed by atoms with Gasteiger partial charge in [0.25, 0.3) is 0 Å². The van der Waals surface area contributed by atoms with E-state index in [4.69, 9.17) is 4.84 Å². The van der Waals surface area contributed by atoms with Gasteiger partial charge in [-0.25, -0.2) is 0 Å². The lowest BCUT2D eigenvalue weighted by Crippen LogP contribution is -2.23. The minimum atomic E-state index is 0.294. The molecule has 0 aromatic carbocycles. The molecule has 0 aromatic heterocycles. The predicted molar refractivity (Wildman–Crippen MR) is 66.5 cm³/mol. The third-order valence-corrected chi connectivity index (χ3v) is 3.17. The molecule has 0 amide bonds. The normalized spacial score (nSPS) is 23.3. The maximum atomic E-state index is 5.27. The summed E-state index contributed by atoms with van der Waals surface area (Å²) in [5.41, 5.74) is 4.75. The Bertz CT molecular complexity index is 438. The molecule has 0 spiro atoms. The van der Waals surface area contributed by atoms with E-state index in [2.05, 4.69) is 43.9 Å². The summed E-state index contributed by atoms with van der Waals surface area (Å²) in [6.07, 6.45) is 10.6. The van der Waals surface area contributed by atoms with Crippen LogP contribution in [-0.2, 0) is 4.84 Å². The van der Waals surface area contributed by atoms with E-state index in [1.165, 1.54) is 16.7 Å². The summed E-state index contributed by atoms with van der Waals surface area (Å²) in [5.74, 6) is 0.294. The standard InChI is InChI=1S/C14H17NO/c1-10-9-14(15(3)16-4)13-8-6-5-7-12(13)11(10)2/h5-9,12H,2H2,1,3-4H3. The van der Waals surface area contributed by atoms with Crippen molar-refractivity contribution in [3.63, 3.8) is 0 Å². The molecule has 0 heterocycles. The first-order valence-electron chi connectivity index (χ1n) is 5.39. The number of allylic oxidation sites excluding steroid dienone is 8. The Morgan fingerprint density at radius 2 is 2.12 bits per heavy atom. The van der Waals surface area contributed by atoms with Crippen molar-refractivity contribution in [2.45, 2.75) is 6.92 Å². The van der Waals surface area contributed by atoms with Gasteiger partial charge in [-0.3, -0.25) is 9.90 Å². The highest BCUT2D eigenvalue weighted by Gasteiger charge is 2.25. The smallest absolute Gasteiger partial charge is 0.0677 e. The van der Waals surface area contributed by atoms with Gasteiger partial charge in [0.05, 0.1) is 12.8 Å². The molecule has 0 bridgehead atoms. The molecule has 2 aliphatic carbocycles. The molecule has 16 heavy (non-hydrogen) atoms. The summed E-state index contributed by atoms with van der Waals surface area (Å²) >= 11 is 0. The van der Waals surface area contributed by atoms with Gasteiger partial charge < -0.3 is 0 Å². The van der Waals surface area contributed by atoms with Crippen molar-refractivity contribution in [1.29, 1.82) is 0 Å². The van der Waals surface area contributed by atoms with Crippen LogP contribution in [0.2, 0.25) is 0 Å². The monoisotopic (exact) mass is 215 g/mol. The zero-order chi connectivity index (χ0) is 11.7. The summed E-state index contributed by atoms with van der Waals surface area (Å²) in [6.45, 7) is 6.24. The molecule has 1 atom stereocenters. The molecule has 1 unspecified atom stereocenters. The third-order valence-electron chi connectivity index (χ3n) is 3.17. The maximum absolute atomic E-state index is 5.27. The van der Waals surface area contributed by atoms with Crippen LogP contribution in [0.25, 0.3) is 0 Å². The first kappa shape index (κ1) is 11.0. The summed E-state index contributed by atoms with van der Waals surface area (Å²) in [5, 5.41) is 1.79. The van der Waals surface area contributed by atoms with Crippen LogP contribution >= 0.6 is 0 Å². The van der Waals surface area contributed by atoms with Gasteiger partial charge in [0.15, 0.2) is 0 Å². The molecule has 0 saturated heterocycles. The number of hydrogen-bond donors (Lipinski definition) is 0. The van der Waals surface area contributed by atoms with Crippen molar-refractivity contribution >= 4 is 0 Å². The number of hydroxylamine groups is 2. The SMILES string of the molecule is C=C1C(C)=CC(N(C)OC)=C2C=CC=CC12. The van der Waals surface area contributed by atoms with Crippen LogP contribution in [-0.4, -0.2) is 19.2 Å². The lowest BCUT2D eigenvalue weighted by molar-refractivity contribution is -0.0747. The highest BCUT2D eigenvalue weighted by atomic mass is 16.7. The molecule has 2 nitrogen and oxygen atoms in total. The Hall–Kier alpha value is -1.54. The topological polar surface area (TPSA) is 12.5 Å². The lowest BCUT2D eigenvalue weighted by atomic mass is 9.80. The number of hydrogen-bond acceptors (Lipinski definition) is 2. The first-order valence-corrected chi connectivity index (χ1v) is 5.39. The summed E-state index contributed by atoms with van der Waals surface area (Å²) in [6, 6.07) is 0. The highest BCUT2D eigenvalue weighted by Crippen LogP contribution is 2.37. The Balaban J connectivity index is 2.51. The van der Waals surface area contributed by atoms with E-state index in [1.807, 2.05) is 7.05 Å². The fourth-order valence-corrected chi connectivity index (χ4v) is 2.09. The van der Waals surface area contributed by atoms with E-state index in [9.17, 15) is 0 Å². The largest absolute Gasteiger partial charge is 0.277 e. The Kier molecular flexibility index (Phi) is 2.84. The van der Waals surface area contributed by atoms with Crippen molar-refractivity contribution in [3.05, 3.63) is 59.4 Å². The Morgan fingerprint density at radius 3 is 2.81 bits per heavy atom. The van der Waals surface area contributed by atoms with Crippen LogP contribution in [0.4, 0.5) is 0 Å². The fraction of sp³-hybridized carbons (Fsp3) is 0.286. The van der Waals surface area contributed by atoms with E-state index in [0.717, 1.165) is 5.70 Å². The summed E-state index contributed by atoms with van der Waals surface area (Å²) in [7, 11) is 3.60. The minimum absolute atomic E-state index is 0.294. The van der Waals surface area contributed by atoms with Crippen molar-refractivity contribution in [2.75, 3.05) is 14.2 Å². The van der Waals surface area contributed by atoms with Crippen LogP contribution < -0.4 is 0 Å². The van der Waals surface area contributed by atoms with E-state index < -0.39 is 0 Å². The zero-order valence-electron chi connectivity index (χ0n) is 10.0. The Morgan fingerprint density at radius 1 is 1.38 bits per heavy atom. The van der Waals surface area contributed by atoms with Crippen molar-refractivity contribution < 1.29 is 4.84 Å². The van der Waals surface area contributed by atoms with Gasteiger partial charge in [-0.2, -0.15) is 0 Å². The molecule has 0 aromatic rings. The highest BCUT2D eigenvalue weighted by molar-refractivity contribution is 5.54. The Labute approximate surface area is 96.9 Å². The molecule has 0 fully saturated rings. The molecular weight excluding hydrogens is 198 g/mol. The maximum Gasteiger partial charge on any atom is 0.0677 e. The van der Waals surface area contributed by atoms with Crippen LogP contribution in [0, 0.1) is 5.92 Å². The molecule has 2 aliphatic rings. The second-order valence-corrected chi connectivity index (χ2v) is 4.09.